The van der Waals surface area contributed by atoms with E-state index in [2.05, 4.69) is 7.98 Å². The molecule has 3 nitrogen and oxygen atoms in total. The van der Waals surface area contributed by atoms with Crippen molar-refractivity contribution in [3.63, 3.8) is 0 Å². The molecule has 1 aliphatic rings. The molecule has 0 aromatic rings. The standard InChI is InChI=1S/C4BF10NO2P2/c5-16-19(17,3(10,11)12)1(6,7)2(8,9)20(16,18)4(13,14)15. The summed E-state index contributed by atoms with van der Waals surface area (Å²) in [5.74, 6) is -13.5. The van der Waals surface area contributed by atoms with Gasteiger partial charge in [0.1, 0.15) is 0 Å². The van der Waals surface area contributed by atoms with Gasteiger partial charge < -0.3 is 0 Å². The molecule has 0 spiro atoms. The van der Waals surface area contributed by atoms with Crippen molar-refractivity contribution in [2.45, 2.75) is 23.2 Å². The molecule has 0 N–H and O–H groups in total. The molecular formula is C4BF10NO2P2. The Kier molecular flexibility index (Phi) is 3.52. The molecule has 0 aromatic heterocycles. The lowest BCUT2D eigenvalue weighted by molar-refractivity contribution is -0.128. The van der Waals surface area contributed by atoms with E-state index in [0.717, 1.165) is 0 Å². The van der Waals surface area contributed by atoms with Crippen molar-refractivity contribution in [3.05, 3.63) is 0 Å². The zero-order valence-electron chi connectivity index (χ0n) is 8.52. The lowest BCUT2D eigenvalue weighted by Gasteiger charge is -2.28. The van der Waals surface area contributed by atoms with Gasteiger partial charge in [-0.05, 0) is 0 Å². The Labute approximate surface area is 104 Å². The highest BCUT2D eigenvalue weighted by Gasteiger charge is 2.95. The van der Waals surface area contributed by atoms with Crippen molar-refractivity contribution in [1.82, 2.24) is 4.35 Å². The van der Waals surface area contributed by atoms with Crippen molar-refractivity contribution in [3.8, 4) is 0 Å². The van der Waals surface area contributed by atoms with Crippen LogP contribution in [0.3, 0.4) is 0 Å². The normalized spacial score (nSPS) is 38.1. The molecule has 16 heteroatoms. The van der Waals surface area contributed by atoms with Crippen molar-refractivity contribution >= 4 is 22.6 Å². The number of alkyl halides is 10. The summed E-state index contributed by atoms with van der Waals surface area (Å²) in [6.07, 6.45) is 0. The minimum absolute atomic E-state index is 2.43. The van der Waals surface area contributed by atoms with Crippen molar-refractivity contribution in [1.29, 1.82) is 0 Å². The monoisotopic (exact) mass is 357 g/mol. The number of hydrogen-bond donors (Lipinski definition) is 0. The SMILES string of the molecule is [B]N1P(=O)(C(F)(F)F)C(F)(F)C(F)(F)P1(=O)C(F)(F)F. The van der Waals surface area contributed by atoms with Crippen LogP contribution in [0.15, 0.2) is 0 Å². The van der Waals surface area contributed by atoms with Crippen LogP contribution in [0.1, 0.15) is 0 Å². The zero-order chi connectivity index (χ0) is 16.6. The first-order valence-electron chi connectivity index (χ1n) is 4.06. The van der Waals surface area contributed by atoms with Gasteiger partial charge in [-0.1, -0.05) is 0 Å². The second-order valence-electron chi connectivity index (χ2n) is 3.49. The fraction of sp³-hybridized carbons (Fsp3) is 1.00. The first-order chi connectivity index (χ1) is 8.40. The molecule has 1 fully saturated rings. The molecule has 0 saturated carbocycles. The molecule has 1 heterocycles. The number of nitrogens with zero attached hydrogens (tertiary/aromatic N) is 1. The summed E-state index contributed by atoms with van der Waals surface area (Å²) in [6, 6.07) is 0. The third kappa shape index (κ3) is 1.55. The Morgan fingerprint density at radius 1 is 0.750 bits per heavy atom. The molecule has 0 bridgehead atoms. The average Bonchev–Trinajstić information content (AvgIpc) is 2.28. The smallest absolute Gasteiger partial charge is 0.291 e. The minimum atomic E-state index is -7.84. The summed E-state index contributed by atoms with van der Waals surface area (Å²) < 4.78 is 145. The van der Waals surface area contributed by atoms with Crippen LogP contribution >= 0.6 is 14.6 Å². The van der Waals surface area contributed by atoms with Crippen LogP contribution in [0, 0.1) is 0 Å². The van der Waals surface area contributed by atoms with Crippen LogP contribution < -0.4 is 0 Å². The fourth-order valence-electron chi connectivity index (χ4n) is 1.35. The highest BCUT2D eigenvalue weighted by Crippen LogP contribution is 2.96. The molecule has 20 heavy (non-hydrogen) atoms. The highest BCUT2D eigenvalue weighted by molar-refractivity contribution is 7.83. The Bertz CT molecular complexity index is 478. The second-order valence-corrected chi connectivity index (χ2v) is 9.11. The number of rotatable bonds is 0. The molecule has 116 valence electrons. The van der Waals surface area contributed by atoms with Gasteiger partial charge >= 0.3 is 37.7 Å². The van der Waals surface area contributed by atoms with Crippen LogP contribution in [0.25, 0.3) is 0 Å². The summed E-state index contributed by atoms with van der Waals surface area (Å²) in [5.41, 5.74) is -13.6. The Hall–Kier alpha value is -0.215. The first-order valence-corrected chi connectivity index (χ1v) is 7.38. The van der Waals surface area contributed by atoms with Crippen LogP contribution in [0.4, 0.5) is 43.9 Å². The highest BCUT2D eigenvalue weighted by atomic mass is 31.2. The lowest BCUT2D eigenvalue weighted by atomic mass is 10.5. The van der Waals surface area contributed by atoms with Crippen molar-refractivity contribution in [2.75, 3.05) is 0 Å². The molecule has 1 rings (SSSR count). The van der Waals surface area contributed by atoms with E-state index in [1.807, 2.05) is 0 Å². The van der Waals surface area contributed by atoms with Gasteiger partial charge in [0.25, 0.3) is 0 Å². The van der Waals surface area contributed by atoms with Gasteiger partial charge in [0.05, 0.1) is 0 Å². The predicted molar refractivity (Wildman–Crippen MR) is 44.8 cm³/mol. The van der Waals surface area contributed by atoms with Gasteiger partial charge in [-0.2, -0.15) is 43.9 Å². The Morgan fingerprint density at radius 3 is 1.05 bits per heavy atom. The summed E-state index contributed by atoms with van der Waals surface area (Å²) in [5, 5.41) is 0. The Morgan fingerprint density at radius 2 is 0.950 bits per heavy atom. The third-order valence-corrected chi connectivity index (χ3v) is 8.69. The maximum Gasteiger partial charge on any atom is 0.459 e. The van der Waals surface area contributed by atoms with E-state index in [0.29, 0.717) is 0 Å². The fourth-order valence-corrected chi connectivity index (χ4v) is 7.21. The summed E-state index contributed by atoms with van der Waals surface area (Å²) in [4.78, 5) is 0. The van der Waals surface area contributed by atoms with Crippen LogP contribution in [0.2, 0.25) is 0 Å². The van der Waals surface area contributed by atoms with E-state index in [9.17, 15) is 53.0 Å². The molecule has 2 unspecified atom stereocenters. The van der Waals surface area contributed by atoms with Crippen LogP contribution in [-0.2, 0) is 9.13 Å². The van der Waals surface area contributed by atoms with E-state index < -0.39 is 42.1 Å². The molecule has 0 amide bonds. The molecular weight excluding hydrogens is 357 g/mol. The van der Waals surface area contributed by atoms with Crippen molar-refractivity contribution < 1.29 is 53.0 Å². The Balaban J connectivity index is 3.86. The van der Waals surface area contributed by atoms with E-state index in [4.69, 9.17) is 0 Å². The topological polar surface area (TPSA) is 37.4 Å². The van der Waals surface area contributed by atoms with E-state index in [1.165, 1.54) is 0 Å². The minimum Gasteiger partial charge on any atom is -0.291 e. The zero-order valence-corrected chi connectivity index (χ0v) is 10.3. The number of hydrogen-bond acceptors (Lipinski definition) is 2. The predicted octanol–water partition coefficient (Wildman–Crippen LogP) is 4.17. The largest absolute Gasteiger partial charge is 0.459 e. The second kappa shape index (κ2) is 3.95. The maximum absolute atomic E-state index is 13.0. The van der Waals surface area contributed by atoms with E-state index >= 15 is 0 Å². The first kappa shape index (κ1) is 17.8. The van der Waals surface area contributed by atoms with E-state index in [1.54, 1.807) is 0 Å². The molecule has 0 aliphatic carbocycles. The van der Waals surface area contributed by atoms with Gasteiger partial charge in [0.2, 0.25) is 7.98 Å². The quantitative estimate of drug-likeness (QED) is 0.371. The molecule has 2 atom stereocenters. The summed E-state index contributed by atoms with van der Waals surface area (Å²) in [7, 11) is -11.8. The van der Waals surface area contributed by atoms with Gasteiger partial charge in [-0.25, -0.2) is 4.35 Å². The summed E-state index contributed by atoms with van der Waals surface area (Å²) in [6.45, 7) is 0. The maximum atomic E-state index is 13.0. The molecule has 1 aliphatic heterocycles. The van der Waals surface area contributed by atoms with Gasteiger partial charge in [-0.15, -0.1) is 0 Å². The van der Waals surface area contributed by atoms with E-state index in [-0.39, 0.29) is 0 Å². The van der Waals surface area contributed by atoms with Gasteiger partial charge in [0.15, 0.2) is 0 Å². The number of halogens is 10. The molecule has 2 radical (unpaired) electrons. The van der Waals surface area contributed by atoms with Gasteiger partial charge in [0, 0.05) is 0 Å². The van der Waals surface area contributed by atoms with Crippen molar-refractivity contribution in [2.24, 2.45) is 0 Å². The van der Waals surface area contributed by atoms with Crippen LogP contribution in [0.5, 0.6) is 0 Å². The summed E-state index contributed by atoms with van der Waals surface area (Å²) >= 11 is 0. The molecule has 0 aromatic carbocycles. The molecule has 1 saturated heterocycles. The lowest BCUT2D eigenvalue weighted by Crippen LogP contribution is -2.39. The van der Waals surface area contributed by atoms with Gasteiger partial charge in [-0.3, -0.25) is 9.13 Å². The third-order valence-electron chi connectivity index (χ3n) is 2.39. The van der Waals surface area contributed by atoms with Crippen LogP contribution in [-0.4, -0.2) is 35.5 Å². The average molecular weight is 357 g/mol.